The van der Waals surface area contributed by atoms with E-state index in [0.717, 1.165) is 0 Å². The van der Waals surface area contributed by atoms with Gasteiger partial charge in [-0.1, -0.05) is 41.9 Å². The zero-order valence-corrected chi connectivity index (χ0v) is 15.8. The molecule has 7 heteroatoms. The smallest absolute Gasteiger partial charge is 0.252 e. The van der Waals surface area contributed by atoms with Crippen molar-refractivity contribution in [2.24, 2.45) is 0 Å². The lowest BCUT2D eigenvalue weighted by molar-refractivity contribution is -0.0287. The SMILES string of the molecule is CCO[C@H](CNC(=O)c1ccccc1Cl)[C@@H](O)CNC(=O)c1ccccc1. The molecule has 6 nitrogen and oxygen atoms in total. The summed E-state index contributed by atoms with van der Waals surface area (Å²) in [7, 11) is 0. The maximum absolute atomic E-state index is 12.2. The first kappa shape index (κ1) is 20.9. The van der Waals surface area contributed by atoms with Crippen LogP contribution in [0.2, 0.25) is 5.02 Å². The third kappa shape index (κ3) is 6.36. The Hall–Kier alpha value is -2.41. The summed E-state index contributed by atoms with van der Waals surface area (Å²) in [6.45, 7) is 2.23. The minimum Gasteiger partial charge on any atom is -0.388 e. The average Bonchev–Trinajstić information content (AvgIpc) is 2.69. The molecule has 3 N–H and O–H groups in total. The van der Waals surface area contributed by atoms with Crippen molar-refractivity contribution < 1.29 is 19.4 Å². The van der Waals surface area contributed by atoms with E-state index in [4.69, 9.17) is 16.3 Å². The van der Waals surface area contributed by atoms with Crippen LogP contribution in [0.5, 0.6) is 0 Å². The number of hydrogen-bond donors (Lipinski definition) is 3. The van der Waals surface area contributed by atoms with E-state index in [-0.39, 0.29) is 24.9 Å². The molecule has 2 amide bonds. The quantitative estimate of drug-likeness (QED) is 0.613. The van der Waals surface area contributed by atoms with Gasteiger partial charge in [0.25, 0.3) is 11.8 Å². The number of benzene rings is 2. The van der Waals surface area contributed by atoms with E-state index >= 15 is 0 Å². The number of ether oxygens (including phenoxy) is 1. The van der Waals surface area contributed by atoms with Gasteiger partial charge in [0.1, 0.15) is 6.10 Å². The largest absolute Gasteiger partial charge is 0.388 e. The fourth-order valence-corrected chi connectivity index (χ4v) is 2.70. The van der Waals surface area contributed by atoms with Gasteiger partial charge in [0.2, 0.25) is 0 Å². The maximum atomic E-state index is 12.2. The van der Waals surface area contributed by atoms with Gasteiger partial charge in [-0.05, 0) is 31.2 Å². The molecule has 0 spiro atoms. The van der Waals surface area contributed by atoms with E-state index in [1.807, 2.05) is 6.07 Å². The molecule has 0 bridgehead atoms. The monoisotopic (exact) mass is 390 g/mol. The van der Waals surface area contributed by atoms with Crippen LogP contribution in [0, 0.1) is 0 Å². The van der Waals surface area contributed by atoms with Gasteiger partial charge in [-0.2, -0.15) is 0 Å². The second-order valence-electron chi connectivity index (χ2n) is 5.83. The Kier molecular flexibility index (Phi) is 8.26. The third-order valence-corrected chi connectivity index (χ3v) is 4.23. The van der Waals surface area contributed by atoms with Crippen LogP contribution in [0.25, 0.3) is 0 Å². The predicted molar refractivity (Wildman–Crippen MR) is 104 cm³/mol. The Morgan fingerprint density at radius 3 is 2.30 bits per heavy atom. The van der Waals surface area contributed by atoms with Crippen LogP contribution in [-0.2, 0) is 4.74 Å². The molecule has 0 fully saturated rings. The van der Waals surface area contributed by atoms with Gasteiger partial charge in [0.15, 0.2) is 0 Å². The number of nitrogens with one attached hydrogen (secondary N) is 2. The zero-order chi connectivity index (χ0) is 19.6. The molecule has 0 aliphatic rings. The number of amides is 2. The number of halogens is 1. The Balaban J connectivity index is 1.88. The van der Waals surface area contributed by atoms with Crippen LogP contribution in [-0.4, -0.2) is 48.8 Å². The van der Waals surface area contributed by atoms with Gasteiger partial charge in [-0.15, -0.1) is 0 Å². The second-order valence-corrected chi connectivity index (χ2v) is 6.23. The van der Waals surface area contributed by atoms with Crippen molar-refractivity contribution in [2.45, 2.75) is 19.1 Å². The van der Waals surface area contributed by atoms with Crippen molar-refractivity contribution >= 4 is 23.4 Å². The summed E-state index contributed by atoms with van der Waals surface area (Å²) in [6, 6.07) is 15.4. The Bertz CT molecular complexity index is 755. The standard InChI is InChI=1S/C20H23ClN2O4/c1-2-27-18(13-23-20(26)15-10-6-7-11-16(15)21)17(24)12-22-19(25)14-8-4-3-5-9-14/h3-11,17-18,24H,2,12-13H2,1H3,(H,22,25)(H,23,26)/t17-,18+/m0/s1. The van der Waals surface area contributed by atoms with Gasteiger partial charge in [0.05, 0.1) is 16.7 Å². The molecule has 2 aromatic carbocycles. The van der Waals surface area contributed by atoms with Crippen LogP contribution >= 0.6 is 11.6 Å². The average molecular weight is 391 g/mol. The summed E-state index contributed by atoms with van der Waals surface area (Å²) < 4.78 is 5.51. The third-order valence-electron chi connectivity index (χ3n) is 3.90. The molecule has 0 aliphatic heterocycles. The van der Waals surface area contributed by atoms with Crippen molar-refractivity contribution in [3.05, 3.63) is 70.7 Å². The molecule has 2 atom stereocenters. The summed E-state index contributed by atoms with van der Waals surface area (Å²) in [5, 5.41) is 16.1. The molecule has 0 heterocycles. The molecule has 0 unspecified atom stereocenters. The molecule has 0 aliphatic carbocycles. The number of carbonyl (C=O) groups is 2. The zero-order valence-electron chi connectivity index (χ0n) is 15.0. The van der Waals surface area contributed by atoms with Gasteiger partial charge in [0, 0.05) is 25.3 Å². The summed E-state index contributed by atoms with van der Waals surface area (Å²) in [5.41, 5.74) is 0.853. The van der Waals surface area contributed by atoms with Crippen LogP contribution in [0.1, 0.15) is 27.6 Å². The topological polar surface area (TPSA) is 87.7 Å². The van der Waals surface area contributed by atoms with E-state index < -0.39 is 12.2 Å². The minimum atomic E-state index is -0.982. The maximum Gasteiger partial charge on any atom is 0.252 e. The lowest BCUT2D eigenvalue weighted by Gasteiger charge is -2.23. The molecule has 144 valence electrons. The first-order valence-electron chi connectivity index (χ1n) is 8.68. The minimum absolute atomic E-state index is 0.000355. The fourth-order valence-electron chi connectivity index (χ4n) is 2.47. The fraction of sp³-hybridized carbons (Fsp3) is 0.300. The van der Waals surface area contributed by atoms with E-state index in [1.54, 1.807) is 55.5 Å². The van der Waals surface area contributed by atoms with Crippen LogP contribution in [0.4, 0.5) is 0 Å². The first-order valence-corrected chi connectivity index (χ1v) is 9.06. The van der Waals surface area contributed by atoms with Gasteiger partial charge < -0.3 is 20.5 Å². The molecule has 0 saturated carbocycles. The molecule has 0 saturated heterocycles. The lowest BCUT2D eigenvalue weighted by atomic mass is 10.1. The van der Waals surface area contributed by atoms with Crippen molar-refractivity contribution in [1.29, 1.82) is 0 Å². The summed E-state index contributed by atoms with van der Waals surface area (Å²) in [4.78, 5) is 24.3. The van der Waals surface area contributed by atoms with E-state index in [0.29, 0.717) is 22.8 Å². The number of rotatable bonds is 9. The molecular weight excluding hydrogens is 368 g/mol. The van der Waals surface area contributed by atoms with E-state index in [2.05, 4.69) is 10.6 Å². The Morgan fingerprint density at radius 2 is 1.63 bits per heavy atom. The highest BCUT2D eigenvalue weighted by Crippen LogP contribution is 2.14. The van der Waals surface area contributed by atoms with Gasteiger partial charge in [-0.3, -0.25) is 9.59 Å². The highest BCUT2D eigenvalue weighted by Gasteiger charge is 2.22. The summed E-state index contributed by atoms with van der Waals surface area (Å²) >= 11 is 6.01. The number of hydrogen-bond acceptors (Lipinski definition) is 4. The normalized spacial score (nSPS) is 12.9. The molecule has 2 rings (SSSR count). The lowest BCUT2D eigenvalue weighted by Crippen LogP contribution is -2.46. The highest BCUT2D eigenvalue weighted by atomic mass is 35.5. The van der Waals surface area contributed by atoms with Gasteiger partial charge in [-0.25, -0.2) is 0 Å². The second kappa shape index (κ2) is 10.7. The van der Waals surface area contributed by atoms with Crippen LogP contribution in [0.3, 0.4) is 0 Å². The number of aliphatic hydroxyl groups is 1. The van der Waals surface area contributed by atoms with Crippen molar-refractivity contribution in [2.75, 3.05) is 19.7 Å². The van der Waals surface area contributed by atoms with Crippen molar-refractivity contribution in [3.63, 3.8) is 0 Å². The summed E-state index contributed by atoms with van der Waals surface area (Å²) in [5.74, 6) is -0.643. The van der Waals surface area contributed by atoms with Crippen LogP contribution in [0.15, 0.2) is 54.6 Å². The van der Waals surface area contributed by atoms with E-state index in [9.17, 15) is 14.7 Å². The predicted octanol–water partition coefficient (Wildman–Crippen LogP) is 2.27. The van der Waals surface area contributed by atoms with Crippen molar-refractivity contribution in [1.82, 2.24) is 10.6 Å². The molecule has 0 radical (unpaired) electrons. The van der Waals surface area contributed by atoms with E-state index in [1.165, 1.54) is 0 Å². The molecule has 2 aromatic rings. The van der Waals surface area contributed by atoms with Crippen LogP contribution < -0.4 is 10.6 Å². The first-order chi connectivity index (χ1) is 13.0. The molecular formula is C20H23ClN2O4. The Morgan fingerprint density at radius 1 is 1.00 bits per heavy atom. The van der Waals surface area contributed by atoms with Crippen molar-refractivity contribution in [3.8, 4) is 0 Å². The highest BCUT2D eigenvalue weighted by molar-refractivity contribution is 6.33. The molecule has 27 heavy (non-hydrogen) atoms. The van der Waals surface area contributed by atoms with Gasteiger partial charge >= 0.3 is 0 Å². The number of carbonyl (C=O) groups excluding carboxylic acids is 2. The Labute approximate surface area is 163 Å². The summed E-state index contributed by atoms with van der Waals surface area (Å²) in [6.07, 6.45) is -1.65. The molecule has 0 aromatic heterocycles. The number of aliphatic hydroxyl groups excluding tert-OH is 1.